The Morgan fingerprint density at radius 3 is 2.13 bits per heavy atom. The van der Waals surface area contributed by atoms with Crippen LogP contribution in [0.4, 0.5) is 4.79 Å². The van der Waals surface area contributed by atoms with Crippen molar-refractivity contribution < 1.29 is 66.6 Å². The molecule has 0 radical (unpaired) electrons. The van der Waals surface area contributed by atoms with E-state index in [2.05, 4.69) is 11.9 Å². The molecular formula is C24H37NO14. The molecule has 0 bridgehead atoms. The zero-order valence-corrected chi connectivity index (χ0v) is 22.7. The first kappa shape index (κ1) is 33.8. The van der Waals surface area contributed by atoms with E-state index in [0.29, 0.717) is 6.61 Å². The molecule has 0 aromatic heterocycles. The Morgan fingerprint density at radius 2 is 1.54 bits per heavy atom. The van der Waals surface area contributed by atoms with Crippen molar-refractivity contribution in [3.8, 4) is 0 Å². The van der Waals surface area contributed by atoms with Gasteiger partial charge >= 0.3 is 30.0 Å². The molecule has 0 unspecified atom stereocenters. The van der Waals surface area contributed by atoms with Crippen LogP contribution in [0.2, 0.25) is 0 Å². The zero-order chi connectivity index (χ0) is 29.4. The van der Waals surface area contributed by atoms with Crippen molar-refractivity contribution in [2.75, 3.05) is 46.8 Å². The lowest BCUT2D eigenvalue weighted by Gasteiger charge is -2.41. The molecule has 0 aliphatic carbocycles. The van der Waals surface area contributed by atoms with E-state index in [0.717, 1.165) is 20.8 Å². The molecule has 0 spiro atoms. The van der Waals surface area contributed by atoms with Crippen LogP contribution in [-0.2, 0) is 61.8 Å². The van der Waals surface area contributed by atoms with Crippen molar-refractivity contribution in [3.05, 3.63) is 12.7 Å². The van der Waals surface area contributed by atoms with E-state index in [4.69, 9.17) is 42.6 Å². The van der Waals surface area contributed by atoms with E-state index in [1.807, 2.05) is 0 Å². The molecule has 1 rings (SSSR count). The van der Waals surface area contributed by atoms with Gasteiger partial charge in [-0.15, -0.1) is 0 Å². The Bertz CT molecular complexity index is 834. The van der Waals surface area contributed by atoms with Gasteiger partial charge in [-0.3, -0.25) is 14.4 Å². The summed E-state index contributed by atoms with van der Waals surface area (Å²) in [5.74, 6) is -3.10. The third-order valence-corrected chi connectivity index (χ3v) is 4.89. The largest absolute Gasteiger partial charge is 0.462 e. The van der Waals surface area contributed by atoms with Gasteiger partial charge in [-0.2, -0.15) is 0 Å². The molecule has 222 valence electrons. The van der Waals surface area contributed by atoms with Gasteiger partial charge < -0.3 is 47.9 Å². The molecule has 15 heteroatoms. The fourth-order valence-electron chi connectivity index (χ4n) is 3.32. The summed E-state index contributed by atoms with van der Waals surface area (Å²) in [6, 6.07) is -1.42. The van der Waals surface area contributed by atoms with Crippen molar-refractivity contribution >= 4 is 30.0 Å². The van der Waals surface area contributed by atoms with E-state index in [-0.39, 0.29) is 33.0 Å². The molecule has 1 aliphatic rings. The van der Waals surface area contributed by atoms with Crippen molar-refractivity contribution in [2.45, 2.75) is 64.4 Å². The number of methoxy groups -OCH3 is 1. The number of rotatable bonds is 16. The van der Waals surface area contributed by atoms with Gasteiger partial charge in [-0.05, 0) is 6.92 Å². The van der Waals surface area contributed by atoms with E-state index in [1.165, 1.54) is 20.1 Å². The Hall–Kier alpha value is -3.27. The second kappa shape index (κ2) is 18.1. The highest BCUT2D eigenvalue weighted by Gasteiger charge is 2.48. The zero-order valence-electron chi connectivity index (χ0n) is 22.7. The monoisotopic (exact) mass is 563 g/mol. The third kappa shape index (κ3) is 12.9. The second-order valence-corrected chi connectivity index (χ2v) is 8.12. The number of nitrogens with one attached hydrogen (secondary N) is 1. The van der Waals surface area contributed by atoms with Crippen LogP contribution >= 0.6 is 0 Å². The first-order valence-corrected chi connectivity index (χ1v) is 12.1. The van der Waals surface area contributed by atoms with Gasteiger partial charge in [0.2, 0.25) is 0 Å². The summed E-state index contributed by atoms with van der Waals surface area (Å²) in [6.45, 7) is 8.39. The van der Waals surface area contributed by atoms with Crippen LogP contribution in [-0.4, -0.2) is 113 Å². The molecule has 1 heterocycles. The summed E-state index contributed by atoms with van der Waals surface area (Å²) in [6.07, 6.45) is -5.99. The SMILES string of the molecule is C=CCOC(=O)N[C@H](C(=O)OCCOCCOC)[C@H](C)O[C@@H]1OC[C@@H](OC(C)=O)[C@H](OC(C)=O)[C@H]1OC(C)=O. The number of hydrogen-bond donors (Lipinski definition) is 1. The van der Waals surface area contributed by atoms with Gasteiger partial charge in [0.15, 0.2) is 30.6 Å². The van der Waals surface area contributed by atoms with Crippen LogP contribution in [0.3, 0.4) is 0 Å². The predicted octanol–water partition coefficient (Wildman–Crippen LogP) is 0.0299. The maximum absolute atomic E-state index is 12.8. The normalized spacial score (nSPS) is 22.0. The standard InChI is InChI=1S/C24H37NO14/c1-7-8-34-24(30)25-19(22(29)33-12-11-32-10-9-31-6)14(2)36-23-21(39-17(5)28)20(38-16(4)27)18(13-35-23)37-15(3)26/h7,14,18-21,23H,1,8-13H2,2-6H3,(H,25,30)/t14-,18+,19-,20-,21+,23-/m0/s1. The number of hydrogen-bond acceptors (Lipinski definition) is 14. The first-order chi connectivity index (χ1) is 18.5. The lowest BCUT2D eigenvalue weighted by Crippen LogP contribution is -2.60. The van der Waals surface area contributed by atoms with Crippen molar-refractivity contribution in [3.63, 3.8) is 0 Å². The van der Waals surface area contributed by atoms with Crippen LogP contribution in [0.5, 0.6) is 0 Å². The number of alkyl carbamates (subject to hydrolysis) is 1. The maximum Gasteiger partial charge on any atom is 0.408 e. The first-order valence-electron chi connectivity index (χ1n) is 12.1. The average molecular weight is 564 g/mol. The van der Waals surface area contributed by atoms with Gasteiger partial charge in [-0.25, -0.2) is 9.59 Å². The molecular weight excluding hydrogens is 526 g/mol. The quantitative estimate of drug-likeness (QED) is 0.115. The van der Waals surface area contributed by atoms with E-state index in [1.54, 1.807) is 0 Å². The lowest BCUT2D eigenvalue weighted by atomic mass is 10.0. The molecule has 1 fully saturated rings. The fraction of sp³-hybridized carbons (Fsp3) is 0.708. The van der Waals surface area contributed by atoms with E-state index >= 15 is 0 Å². The minimum Gasteiger partial charge on any atom is -0.462 e. The third-order valence-electron chi connectivity index (χ3n) is 4.89. The highest BCUT2D eigenvalue weighted by molar-refractivity contribution is 5.82. The fourth-order valence-corrected chi connectivity index (χ4v) is 3.32. The van der Waals surface area contributed by atoms with E-state index in [9.17, 15) is 24.0 Å². The number of carbonyl (C=O) groups is 5. The molecule has 0 aromatic carbocycles. The number of esters is 4. The smallest absolute Gasteiger partial charge is 0.408 e. The summed E-state index contributed by atoms with van der Waals surface area (Å²) in [7, 11) is 1.51. The highest BCUT2D eigenvalue weighted by Crippen LogP contribution is 2.26. The minimum absolute atomic E-state index is 0.0693. The molecule has 15 nitrogen and oxygen atoms in total. The summed E-state index contributed by atoms with van der Waals surface area (Å²) in [5.41, 5.74) is 0. The van der Waals surface area contributed by atoms with Gasteiger partial charge in [0.1, 0.15) is 13.2 Å². The number of amides is 1. The van der Waals surface area contributed by atoms with Gasteiger partial charge in [0.05, 0.1) is 32.5 Å². The predicted molar refractivity (Wildman–Crippen MR) is 129 cm³/mol. The van der Waals surface area contributed by atoms with Gasteiger partial charge in [0, 0.05) is 27.9 Å². The Balaban J connectivity index is 3.07. The molecule has 0 aromatic rings. The van der Waals surface area contributed by atoms with Crippen LogP contribution in [0, 0.1) is 0 Å². The molecule has 0 saturated carbocycles. The highest BCUT2D eigenvalue weighted by atomic mass is 16.7. The summed E-state index contributed by atoms with van der Waals surface area (Å²) >= 11 is 0. The molecule has 1 N–H and O–H groups in total. The van der Waals surface area contributed by atoms with Gasteiger partial charge in [-0.1, -0.05) is 12.7 Å². The van der Waals surface area contributed by atoms with Crippen molar-refractivity contribution in [2.24, 2.45) is 0 Å². The Labute approximate surface area is 226 Å². The van der Waals surface area contributed by atoms with Crippen LogP contribution in [0.15, 0.2) is 12.7 Å². The second-order valence-electron chi connectivity index (χ2n) is 8.12. The molecule has 39 heavy (non-hydrogen) atoms. The molecule has 1 saturated heterocycles. The molecule has 1 amide bonds. The van der Waals surface area contributed by atoms with E-state index < -0.39 is 66.7 Å². The topological polar surface area (TPSA) is 180 Å². The van der Waals surface area contributed by atoms with Crippen LogP contribution < -0.4 is 5.32 Å². The minimum atomic E-state index is -1.42. The maximum atomic E-state index is 12.8. The Morgan fingerprint density at radius 1 is 0.923 bits per heavy atom. The summed E-state index contributed by atoms with van der Waals surface area (Å²) in [5, 5.41) is 2.35. The Kier molecular flexibility index (Phi) is 15.7. The number of ether oxygens (including phenoxy) is 9. The van der Waals surface area contributed by atoms with Crippen molar-refractivity contribution in [1.29, 1.82) is 0 Å². The summed E-state index contributed by atoms with van der Waals surface area (Å²) < 4.78 is 47.4. The lowest BCUT2D eigenvalue weighted by molar-refractivity contribution is -0.291. The van der Waals surface area contributed by atoms with Gasteiger partial charge in [0.25, 0.3) is 0 Å². The summed E-state index contributed by atoms with van der Waals surface area (Å²) in [4.78, 5) is 60.2. The molecule has 6 atom stereocenters. The average Bonchev–Trinajstić information content (AvgIpc) is 2.85. The van der Waals surface area contributed by atoms with Crippen molar-refractivity contribution in [1.82, 2.24) is 5.32 Å². The number of carbonyl (C=O) groups excluding carboxylic acids is 5. The van der Waals surface area contributed by atoms with Crippen LogP contribution in [0.1, 0.15) is 27.7 Å². The molecule has 1 aliphatic heterocycles. The van der Waals surface area contributed by atoms with Crippen LogP contribution in [0.25, 0.3) is 0 Å².